The molecule has 0 atom stereocenters. The summed E-state index contributed by atoms with van der Waals surface area (Å²) in [5.74, 6) is 0.527. The molecule has 1 heterocycles. The van der Waals surface area contributed by atoms with Crippen LogP contribution in [0.1, 0.15) is 37.7 Å². The van der Waals surface area contributed by atoms with Crippen molar-refractivity contribution in [1.82, 2.24) is 0 Å². The second-order valence-electron chi connectivity index (χ2n) is 6.40. The van der Waals surface area contributed by atoms with Crippen LogP contribution in [0.3, 0.4) is 0 Å². The van der Waals surface area contributed by atoms with Gasteiger partial charge in [-0.1, -0.05) is 0 Å². The van der Waals surface area contributed by atoms with E-state index in [2.05, 4.69) is 6.07 Å². The quantitative estimate of drug-likeness (QED) is 0.436. The van der Waals surface area contributed by atoms with E-state index < -0.39 is 5.97 Å². The molecule has 24 heavy (non-hydrogen) atoms. The summed E-state index contributed by atoms with van der Waals surface area (Å²) in [4.78, 5) is 10.7. The number of quaternary nitrogens is 1. The molecule has 1 aromatic carbocycles. The Morgan fingerprint density at radius 3 is 2.38 bits per heavy atom. The van der Waals surface area contributed by atoms with E-state index in [1.165, 1.54) is 24.8 Å². The molecular weight excluding hydrogens is 317 g/mol. The summed E-state index contributed by atoms with van der Waals surface area (Å²) in [6.45, 7) is 4.03. The maximum atomic E-state index is 10.7. The number of methoxy groups -OCH3 is 2. The van der Waals surface area contributed by atoms with E-state index in [4.69, 9.17) is 9.47 Å². The minimum absolute atomic E-state index is 0. The number of likely N-dealkylation sites (tertiary alicyclic amines) is 1. The van der Waals surface area contributed by atoms with Crippen molar-refractivity contribution in [2.75, 3.05) is 33.9 Å². The Hall–Kier alpha value is -0.750. The first-order valence-corrected chi connectivity index (χ1v) is 8.34. The fourth-order valence-corrected chi connectivity index (χ4v) is 3.57. The van der Waals surface area contributed by atoms with Crippen molar-refractivity contribution in [3.8, 4) is 11.5 Å². The van der Waals surface area contributed by atoms with Gasteiger partial charge in [0.05, 0.1) is 33.9 Å². The molecule has 0 unspecified atom stereocenters. The number of ether oxygens (including phenoxy) is 2. The van der Waals surface area contributed by atoms with E-state index in [0.717, 1.165) is 42.2 Å². The van der Waals surface area contributed by atoms with Crippen molar-refractivity contribution < 1.29 is 53.4 Å². The van der Waals surface area contributed by atoms with E-state index in [-0.39, 0.29) is 36.0 Å². The summed E-state index contributed by atoms with van der Waals surface area (Å²) in [6, 6.07) is 6.05. The van der Waals surface area contributed by atoms with Gasteiger partial charge in [0, 0.05) is 18.0 Å². The van der Waals surface area contributed by atoms with E-state index in [1.54, 1.807) is 14.2 Å². The van der Waals surface area contributed by atoms with Gasteiger partial charge in [0.1, 0.15) is 6.54 Å². The summed E-state index contributed by atoms with van der Waals surface area (Å²) in [5, 5.41) is 10.7. The van der Waals surface area contributed by atoms with Crippen LogP contribution in [0.25, 0.3) is 0 Å². The van der Waals surface area contributed by atoms with Gasteiger partial charge in [-0.05, 0) is 43.9 Å². The van der Waals surface area contributed by atoms with Crippen LogP contribution in [0, 0.1) is 0 Å². The van der Waals surface area contributed by atoms with Crippen LogP contribution in [0.5, 0.6) is 11.5 Å². The smallest absolute Gasteiger partial charge is 0.550 e. The standard InChI is InChI=1S/C18H27NO4.Na/c1-22-16-9-8-15(13-17(16)23-2)14-19(10-4-3-5-11-19)12-6-7-18(20)21;/h8-9,13H,3-7,10-12,14H2,1-2H3;/q;+1. The van der Waals surface area contributed by atoms with Crippen molar-refractivity contribution >= 4 is 5.97 Å². The van der Waals surface area contributed by atoms with E-state index in [1.807, 2.05) is 12.1 Å². The molecule has 1 aliphatic rings. The Labute approximate surface area is 166 Å². The maximum Gasteiger partial charge on any atom is 1.00 e. The number of carboxylic acid groups (broad SMARTS) is 1. The molecule has 1 aromatic rings. The first-order valence-electron chi connectivity index (χ1n) is 8.34. The van der Waals surface area contributed by atoms with E-state index in [9.17, 15) is 9.90 Å². The summed E-state index contributed by atoms with van der Waals surface area (Å²) < 4.78 is 11.7. The van der Waals surface area contributed by atoms with Gasteiger partial charge in [-0.25, -0.2) is 0 Å². The second-order valence-corrected chi connectivity index (χ2v) is 6.40. The van der Waals surface area contributed by atoms with Gasteiger partial charge in [-0.2, -0.15) is 0 Å². The third kappa shape index (κ3) is 5.96. The van der Waals surface area contributed by atoms with Crippen molar-refractivity contribution in [3.63, 3.8) is 0 Å². The molecule has 0 radical (unpaired) electrons. The molecule has 0 aliphatic carbocycles. The third-order valence-electron chi connectivity index (χ3n) is 4.74. The second kappa shape index (κ2) is 10.3. The molecule has 0 aromatic heterocycles. The van der Waals surface area contributed by atoms with Gasteiger partial charge >= 0.3 is 29.6 Å². The van der Waals surface area contributed by atoms with Crippen molar-refractivity contribution in [2.24, 2.45) is 0 Å². The number of benzene rings is 1. The van der Waals surface area contributed by atoms with Crippen LogP contribution in [0.4, 0.5) is 0 Å². The largest absolute Gasteiger partial charge is 1.00 e. The SMILES string of the molecule is COc1ccc(C[N+]2(CCCC(=O)[O-])CCCCC2)cc1OC.[Na+]. The van der Waals surface area contributed by atoms with Gasteiger partial charge in [0.15, 0.2) is 11.5 Å². The molecule has 0 saturated carbocycles. The van der Waals surface area contributed by atoms with Gasteiger partial charge in [0.25, 0.3) is 0 Å². The average Bonchev–Trinajstić information content (AvgIpc) is 2.55. The average molecular weight is 344 g/mol. The van der Waals surface area contributed by atoms with Gasteiger partial charge < -0.3 is 23.9 Å². The number of aliphatic carboxylic acids is 1. The minimum atomic E-state index is -0.953. The molecule has 0 amide bonds. The van der Waals surface area contributed by atoms with Crippen molar-refractivity contribution in [3.05, 3.63) is 23.8 Å². The van der Waals surface area contributed by atoms with Crippen LogP contribution in [-0.2, 0) is 11.3 Å². The van der Waals surface area contributed by atoms with E-state index >= 15 is 0 Å². The summed E-state index contributed by atoms with van der Waals surface area (Å²) in [5.41, 5.74) is 1.21. The zero-order valence-corrected chi connectivity index (χ0v) is 17.2. The Morgan fingerprint density at radius 2 is 1.79 bits per heavy atom. The molecule has 0 N–H and O–H groups in total. The summed E-state index contributed by atoms with van der Waals surface area (Å²) in [6.07, 6.45) is 4.51. The Balaban J connectivity index is 0.00000288. The van der Waals surface area contributed by atoms with Crippen LogP contribution in [0.15, 0.2) is 18.2 Å². The molecule has 128 valence electrons. The number of hydrogen-bond donors (Lipinski definition) is 0. The molecule has 1 saturated heterocycles. The summed E-state index contributed by atoms with van der Waals surface area (Å²) >= 11 is 0. The van der Waals surface area contributed by atoms with Crippen molar-refractivity contribution in [2.45, 2.75) is 38.6 Å². The third-order valence-corrected chi connectivity index (χ3v) is 4.74. The first kappa shape index (κ1) is 21.3. The molecule has 0 spiro atoms. The monoisotopic (exact) mass is 344 g/mol. The number of carbonyl (C=O) groups is 1. The van der Waals surface area contributed by atoms with E-state index in [0.29, 0.717) is 6.42 Å². The van der Waals surface area contributed by atoms with Crippen LogP contribution >= 0.6 is 0 Å². The molecule has 0 bridgehead atoms. The Morgan fingerprint density at radius 1 is 1.12 bits per heavy atom. The Bertz CT molecular complexity index is 530. The Kier molecular flexibility index (Phi) is 9.13. The molecule has 1 fully saturated rings. The number of nitrogens with zero attached hydrogens (tertiary/aromatic N) is 1. The fourth-order valence-electron chi connectivity index (χ4n) is 3.57. The number of piperidine rings is 1. The van der Waals surface area contributed by atoms with Gasteiger partial charge in [-0.3, -0.25) is 0 Å². The number of rotatable bonds is 8. The first-order chi connectivity index (χ1) is 11.1. The van der Waals surface area contributed by atoms with Crippen molar-refractivity contribution in [1.29, 1.82) is 0 Å². The van der Waals surface area contributed by atoms with Crippen LogP contribution in [-0.4, -0.2) is 44.3 Å². The molecular formula is C18H27NNaO4+. The number of hydrogen-bond acceptors (Lipinski definition) is 4. The zero-order chi connectivity index (χ0) is 16.7. The normalized spacial score (nSPS) is 16.1. The summed E-state index contributed by atoms with van der Waals surface area (Å²) in [7, 11) is 3.28. The predicted molar refractivity (Wildman–Crippen MR) is 86.2 cm³/mol. The van der Waals surface area contributed by atoms with Gasteiger partial charge in [0.2, 0.25) is 0 Å². The zero-order valence-electron chi connectivity index (χ0n) is 15.2. The molecule has 2 rings (SSSR count). The molecule has 5 nitrogen and oxygen atoms in total. The fraction of sp³-hybridized carbons (Fsp3) is 0.611. The number of carboxylic acids is 1. The topological polar surface area (TPSA) is 58.6 Å². The molecule has 6 heteroatoms. The van der Waals surface area contributed by atoms with Crippen LogP contribution in [0.2, 0.25) is 0 Å². The maximum absolute atomic E-state index is 10.7. The predicted octanol–water partition coefficient (Wildman–Crippen LogP) is -1.26. The minimum Gasteiger partial charge on any atom is -0.550 e. The molecule has 1 aliphatic heterocycles. The van der Waals surface area contributed by atoms with Crippen LogP contribution < -0.4 is 44.1 Å². The van der Waals surface area contributed by atoms with Gasteiger partial charge in [-0.15, -0.1) is 0 Å². The number of carbonyl (C=O) groups excluding carboxylic acids is 1.